The predicted octanol–water partition coefficient (Wildman–Crippen LogP) is 5.34. The number of nitrogens with zero attached hydrogens (tertiary/aromatic N) is 5. The van der Waals surface area contributed by atoms with E-state index in [9.17, 15) is 9.59 Å². The molecule has 1 aliphatic heterocycles. The molecule has 7 nitrogen and oxygen atoms in total. The van der Waals surface area contributed by atoms with Crippen molar-refractivity contribution in [2.75, 3.05) is 37.6 Å². The molecule has 4 rings (SSSR count). The van der Waals surface area contributed by atoms with E-state index in [1.54, 1.807) is 17.0 Å². The lowest BCUT2D eigenvalue weighted by atomic mass is 10.0. The van der Waals surface area contributed by atoms with Crippen LogP contribution < -0.4 is 4.90 Å². The standard InChI is InChI=1S/C28H31Cl2N5O2/c1-19(2)28(37)35(20(3)21-7-5-4-6-8-21)18-27(36)34-15-13-33(14-16-34)26-12-11-25(31-32-26)23-10-9-22(29)17-24(23)30/h4-12,17,19-20H,13-16,18H2,1-3H3/t20-/m1/s1. The van der Waals surface area contributed by atoms with E-state index in [2.05, 4.69) is 15.1 Å². The molecular formula is C28H31Cl2N5O2. The number of benzene rings is 2. The van der Waals surface area contributed by atoms with Crippen LogP contribution in [0.25, 0.3) is 11.3 Å². The van der Waals surface area contributed by atoms with Crippen molar-refractivity contribution in [3.8, 4) is 11.3 Å². The van der Waals surface area contributed by atoms with Gasteiger partial charge in [0.15, 0.2) is 5.82 Å². The van der Waals surface area contributed by atoms with Crippen molar-refractivity contribution in [2.45, 2.75) is 26.8 Å². The number of carbonyl (C=O) groups excluding carboxylic acids is 2. The lowest BCUT2D eigenvalue weighted by Gasteiger charge is -2.37. The third kappa shape index (κ3) is 6.40. The first-order valence-electron chi connectivity index (χ1n) is 12.4. The van der Waals surface area contributed by atoms with Gasteiger partial charge in [-0.25, -0.2) is 0 Å². The van der Waals surface area contributed by atoms with Crippen LogP contribution in [0.3, 0.4) is 0 Å². The summed E-state index contributed by atoms with van der Waals surface area (Å²) in [5, 5.41) is 9.82. The van der Waals surface area contributed by atoms with Crippen molar-refractivity contribution in [3.63, 3.8) is 0 Å². The lowest BCUT2D eigenvalue weighted by molar-refractivity contribution is -0.144. The maximum Gasteiger partial charge on any atom is 0.242 e. The van der Waals surface area contributed by atoms with Crippen molar-refractivity contribution >= 4 is 40.8 Å². The van der Waals surface area contributed by atoms with Gasteiger partial charge in [-0.1, -0.05) is 67.4 Å². The van der Waals surface area contributed by atoms with Gasteiger partial charge in [-0.2, -0.15) is 0 Å². The Bertz CT molecular complexity index is 1230. The molecule has 0 radical (unpaired) electrons. The van der Waals surface area contributed by atoms with Crippen LogP contribution in [-0.4, -0.2) is 64.5 Å². The number of piperazine rings is 1. The van der Waals surface area contributed by atoms with Gasteiger partial charge >= 0.3 is 0 Å². The molecule has 0 saturated carbocycles. The van der Waals surface area contributed by atoms with Gasteiger partial charge in [-0.3, -0.25) is 9.59 Å². The van der Waals surface area contributed by atoms with E-state index in [1.807, 2.05) is 74.2 Å². The van der Waals surface area contributed by atoms with E-state index in [-0.39, 0.29) is 30.3 Å². The Morgan fingerprint density at radius 2 is 1.62 bits per heavy atom. The smallest absolute Gasteiger partial charge is 0.242 e. The molecule has 3 aromatic rings. The van der Waals surface area contributed by atoms with E-state index in [0.717, 1.165) is 16.9 Å². The number of hydrogen-bond donors (Lipinski definition) is 0. The Balaban J connectivity index is 1.38. The zero-order valence-electron chi connectivity index (χ0n) is 21.3. The molecule has 0 spiro atoms. The van der Waals surface area contributed by atoms with Gasteiger partial charge in [0.2, 0.25) is 11.8 Å². The fourth-order valence-electron chi connectivity index (χ4n) is 4.41. The highest BCUT2D eigenvalue weighted by atomic mass is 35.5. The molecule has 1 saturated heterocycles. The van der Waals surface area contributed by atoms with Crippen LogP contribution in [0.5, 0.6) is 0 Å². The molecule has 2 heterocycles. The van der Waals surface area contributed by atoms with Gasteiger partial charge in [0, 0.05) is 42.7 Å². The Labute approximate surface area is 228 Å². The third-order valence-corrected chi connectivity index (χ3v) is 7.19. The van der Waals surface area contributed by atoms with Crippen LogP contribution >= 0.6 is 23.2 Å². The van der Waals surface area contributed by atoms with E-state index in [4.69, 9.17) is 23.2 Å². The molecule has 2 amide bonds. The highest BCUT2D eigenvalue weighted by Gasteiger charge is 2.29. The van der Waals surface area contributed by atoms with Gasteiger partial charge in [0.1, 0.15) is 6.54 Å². The second-order valence-corrected chi connectivity index (χ2v) is 10.3. The number of carbonyl (C=O) groups is 2. The molecule has 0 bridgehead atoms. The number of hydrogen-bond acceptors (Lipinski definition) is 5. The van der Waals surface area contributed by atoms with Gasteiger partial charge in [-0.15, -0.1) is 10.2 Å². The van der Waals surface area contributed by atoms with Crippen molar-refractivity contribution in [1.82, 2.24) is 20.0 Å². The zero-order chi connectivity index (χ0) is 26.5. The van der Waals surface area contributed by atoms with Crippen LogP contribution in [0.4, 0.5) is 5.82 Å². The molecule has 37 heavy (non-hydrogen) atoms. The first kappa shape index (κ1) is 26.9. The number of amides is 2. The highest BCUT2D eigenvalue weighted by molar-refractivity contribution is 6.36. The number of halogens is 2. The summed E-state index contributed by atoms with van der Waals surface area (Å²) < 4.78 is 0. The number of anilines is 1. The molecule has 194 valence electrons. The zero-order valence-corrected chi connectivity index (χ0v) is 22.8. The maximum atomic E-state index is 13.2. The SMILES string of the molecule is CC(C)C(=O)N(CC(=O)N1CCN(c2ccc(-c3ccc(Cl)cc3Cl)nn2)CC1)[C@H](C)c1ccccc1. The summed E-state index contributed by atoms with van der Waals surface area (Å²) in [5.74, 6) is 0.477. The first-order chi connectivity index (χ1) is 17.7. The molecule has 9 heteroatoms. The normalized spacial score (nSPS) is 14.5. The summed E-state index contributed by atoms with van der Waals surface area (Å²) >= 11 is 12.3. The molecular weight excluding hydrogens is 509 g/mol. The van der Waals surface area contributed by atoms with Gasteiger partial charge in [0.25, 0.3) is 0 Å². The minimum Gasteiger partial charge on any atom is -0.352 e. The molecule has 1 aromatic heterocycles. The van der Waals surface area contributed by atoms with Crippen molar-refractivity contribution in [1.29, 1.82) is 0 Å². The van der Waals surface area contributed by atoms with Crippen LogP contribution in [0, 0.1) is 5.92 Å². The Morgan fingerprint density at radius 3 is 2.22 bits per heavy atom. The maximum absolute atomic E-state index is 13.2. The summed E-state index contributed by atoms with van der Waals surface area (Å²) in [6.45, 7) is 8.13. The molecule has 0 unspecified atom stereocenters. The average molecular weight is 540 g/mol. The summed E-state index contributed by atoms with van der Waals surface area (Å²) in [6, 6.07) is 18.7. The molecule has 2 aromatic carbocycles. The summed E-state index contributed by atoms with van der Waals surface area (Å²) in [4.78, 5) is 31.9. The van der Waals surface area contributed by atoms with Crippen molar-refractivity contribution in [3.05, 3.63) is 76.3 Å². The molecule has 1 atom stereocenters. The molecule has 0 N–H and O–H groups in total. The Kier molecular flexibility index (Phi) is 8.67. The van der Waals surface area contributed by atoms with E-state index in [0.29, 0.717) is 41.9 Å². The van der Waals surface area contributed by atoms with Gasteiger partial charge in [0.05, 0.1) is 16.8 Å². The fourth-order valence-corrected chi connectivity index (χ4v) is 4.92. The highest BCUT2D eigenvalue weighted by Crippen LogP contribution is 2.29. The largest absolute Gasteiger partial charge is 0.352 e. The summed E-state index contributed by atoms with van der Waals surface area (Å²) in [5.41, 5.74) is 2.45. The van der Waals surface area contributed by atoms with E-state index >= 15 is 0 Å². The molecule has 0 aliphatic carbocycles. The monoisotopic (exact) mass is 539 g/mol. The fraction of sp³-hybridized carbons (Fsp3) is 0.357. The summed E-state index contributed by atoms with van der Waals surface area (Å²) in [7, 11) is 0. The minimum atomic E-state index is -0.194. The van der Waals surface area contributed by atoms with Crippen LogP contribution in [0.2, 0.25) is 10.0 Å². The lowest BCUT2D eigenvalue weighted by Crippen LogP contribution is -2.52. The minimum absolute atomic E-state index is 0.0282. The second-order valence-electron chi connectivity index (χ2n) is 9.48. The second kappa shape index (κ2) is 11.9. The van der Waals surface area contributed by atoms with Crippen LogP contribution in [0.15, 0.2) is 60.7 Å². The molecule has 1 aliphatic rings. The number of rotatable bonds is 7. The Hall–Kier alpha value is -3.16. The van der Waals surface area contributed by atoms with Crippen molar-refractivity contribution in [2.24, 2.45) is 5.92 Å². The average Bonchev–Trinajstić information content (AvgIpc) is 2.91. The Morgan fingerprint density at radius 1 is 0.919 bits per heavy atom. The van der Waals surface area contributed by atoms with Crippen molar-refractivity contribution < 1.29 is 9.59 Å². The summed E-state index contributed by atoms with van der Waals surface area (Å²) in [6.07, 6.45) is 0. The third-order valence-electron chi connectivity index (χ3n) is 6.65. The van der Waals surface area contributed by atoms with Gasteiger partial charge < -0.3 is 14.7 Å². The number of aromatic nitrogens is 2. The topological polar surface area (TPSA) is 69.6 Å². The van der Waals surface area contributed by atoms with E-state index < -0.39 is 0 Å². The van der Waals surface area contributed by atoms with Crippen LogP contribution in [0.1, 0.15) is 32.4 Å². The van der Waals surface area contributed by atoms with Crippen LogP contribution in [-0.2, 0) is 9.59 Å². The van der Waals surface area contributed by atoms with E-state index in [1.165, 1.54) is 0 Å². The first-order valence-corrected chi connectivity index (χ1v) is 13.2. The van der Waals surface area contributed by atoms with Gasteiger partial charge in [-0.05, 0) is 42.8 Å². The molecule has 1 fully saturated rings. The quantitative estimate of drug-likeness (QED) is 0.405. The predicted molar refractivity (Wildman–Crippen MR) is 148 cm³/mol.